The molecule has 0 aliphatic heterocycles. The molecule has 0 amide bonds. The van der Waals surface area contributed by atoms with Gasteiger partial charge in [0.2, 0.25) is 0 Å². The molecular formula is C12H24O12. The molecule has 12 heteroatoms. The Morgan fingerprint density at radius 1 is 0.750 bits per heavy atom. The first-order valence-electron chi connectivity index (χ1n) is 6.65. The van der Waals surface area contributed by atoms with Crippen molar-refractivity contribution in [3.05, 3.63) is 0 Å². The van der Waals surface area contributed by atoms with Crippen molar-refractivity contribution in [3.8, 4) is 0 Å². The lowest BCUT2D eigenvalue weighted by atomic mass is 10.0. The smallest absolute Gasteiger partial charge is 0.189 e. The molecule has 24 heavy (non-hydrogen) atoms. The van der Waals surface area contributed by atoms with Gasteiger partial charge >= 0.3 is 0 Å². The zero-order valence-electron chi connectivity index (χ0n) is 12.5. The first-order valence-corrected chi connectivity index (χ1v) is 6.65. The SMILES string of the molecule is O=C(CO)[C@@H](O)[C@@H](O)[C@H](O)CO.O=C[C@H](O)[C@H](O)[C@@H](O)[C@H](O)CO. The minimum absolute atomic E-state index is 0.0258. The van der Waals surface area contributed by atoms with Crippen LogP contribution in [0.3, 0.4) is 0 Å². The van der Waals surface area contributed by atoms with E-state index in [1.165, 1.54) is 0 Å². The molecule has 0 radical (unpaired) electrons. The van der Waals surface area contributed by atoms with E-state index in [0.717, 1.165) is 0 Å². The Hall–Kier alpha value is -1.06. The van der Waals surface area contributed by atoms with E-state index in [1.807, 2.05) is 0 Å². The summed E-state index contributed by atoms with van der Waals surface area (Å²) >= 11 is 0. The Labute approximate surface area is 136 Å². The van der Waals surface area contributed by atoms with Gasteiger partial charge in [-0.25, -0.2) is 0 Å². The summed E-state index contributed by atoms with van der Waals surface area (Å²) < 4.78 is 0. The molecule has 12 nitrogen and oxygen atoms in total. The Balaban J connectivity index is 0. The normalized spacial score (nSPS) is 19.8. The van der Waals surface area contributed by atoms with Crippen LogP contribution >= 0.6 is 0 Å². The van der Waals surface area contributed by atoms with Crippen LogP contribution in [0.4, 0.5) is 0 Å². The van der Waals surface area contributed by atoms with Crippen molar-refractivity contribution in [1.29, 1.82) is 0 Å². The maximum Gasteiger partial charge on any atom is 0.189 e. The molecule has 0 aromatic heterocycles. The average molecular weight is 360 g/mol. The standard InChI is InChI=1S/2C6H12O6/c2*7-1-3(9)5(11)6(12)4(10)2-8/h3,5-9,11-12H,1-2H2;1,3-6,8-12H,2H2/t3-,5+,6-;3-,4+,5-,6-/m10/s1. The number of hydrogen-bond acceptors (Lipinski definition) is 12. The maximum absolute atomic E-state index is 10.5. The van der Waals surface area contributed by atoms with E-state index in [2.05, 4.69) is 0 Å². The highest BCUT2D eigenvalue weighted by Crippen LogP contribution is 2.03. The highest BCUT2D eigenvalue weighted by molar-refractivity contribution is 5.84. The Morgan fingerprint density at radius 2 is 1.17 bits per heavy atom. The number of aldehydes is 1. The highest BCUT2D eigenvalue weighted by atomic mass is 16.4. The lowest BCUT2D eigenvalue weighted by Crippen LogP contribution is -2.46. The molecule has 0 heterocycles. The molecule has 0 saturated carbocycles. The van der Waals surface area contributed by atoms with Gasteiger partial charge in [0.05, 0.1) is 13.2 Å². The van der Waals surface area contributed by atoms with Gasteiger partial charge in [-0.15, -0.1) is 0 Å². The molecule has 0 aromatic rings. The molecule has 10 N–H and O–H groups in total. The molecule has 0 saturated heterocycles. The number of rotatable bonds is 10. The van der Waals surface area contributed by atoms with E-state index >= 15 is 0 Å². The van der Waals surface area contributed by atoms with Crippen LogP contribution in [0.15, 0.2) is 0 Å². The van der Waals surface area contributed by atoms with Gasteiger partial charge in [-0.2, -0.15) is 0 Å². The summed E-state index contributed by atoms with van der Waals surface area (Å²) in [5, 5.41) is 86.6. The average Bonchev–Trinajstić information content (AvgIpc) is 2.62. The van der Waals surface area contributed by atoms with Gasteiger partial charge in [0, 0.05) is 0 Å². The van der Waals surface area contributed by atoms with E-state index in [1.54, 1.807) is 0 Å². The molecule has 0 spiro atoms. The molecule has 144 valence electrons. The zero-order chi connectivity index (χ0) is 19.4. The molecule has 0 aromatic carbocycles. The second-order valence-electron chi connectivity index (χ2n) is 4.67. The second-order valence-corrected chi connectivity index (χ2v) is 4.67. The largest absolute Gasteiger partial charge is 0.394 e. The molecular weight excluding hydrogens is 336 g/mol. The van der Waals surface area contributed by atoms with Gasteiger partial charge in [0.1, 0.15) is 49.3 Å². The lowest BCUT2D eigenvalue weighted by molar-refractivity contribution is -0.142. The Bertz CT molecular complexity index is 351. The van der Waals surface area contributed by atoms with Gasteiger partial charge in [-0.3, -0.25) is 4.79 Å². The summed E-state index contributed by atoms with van der Waals surface area (Å²) in [7, 11) is 0. The summed E-state index contributed by atoms with van der Waals surface area (Å²) in [6.45, 7) is -2.45. The fourth-order valence-electron chi connectivity index (χ4n) is 1.22. The van der Waals surface area contributed by atoms with Crippen LogP contribution in [0.5, 0.6) is 0 Å². The number of carbonyl (C=O) groups is 2. The fraction of sp³-hybridized carbons (Fsp3) is 0.833. The highest BCUT2D eigenvalue weighted by Gasteiger charge is 2.30. The van der Waals surface area contributed by atoms with Crippen LogP contribution in [-0.4, -0.2) is 126 Å². The summed E-state index contributed by atoms with van der Waals surface area (Å²) in [4.78, 5) is 20.4. The predicted octanol–water partition coefficient (Wildman–Crippen LogP) is -6.76. The Kier molecular flexibility index (Phi) is 13.9. The summed E-state index contributed by atoms with van der Waals surface area (Å²) in [6.07, 6.45) is -12.1. The van der Waals surface area contributed by atoms with Crippen molar-refractivity contribution >= 4 is 12.1 Å². The number of aliphatic hydroxyl groups is 10. The number of ketones is 1. The number of aliphatic hydroxyl groups excluding tert-OH is 10. The van der Waals surface area contributed by atoms with Gasteiger partial charge in [-0.05, 0) is 0 Å². The molecule has 0 aliphatic rings. The summed E-state index contributed by atoms with van der Waals surface area (Å²) in [5.41, 5.74) is 0. The van der Waals surface area contributed by atoms with Crippen LogP contribution < -0.4 is 0 Å². The monoisotopic (exact) mass is 360 g/mol. The first-order chi connectivity index (χ1) is 11.1. The third-order valence-corrected chi connectivity index (χ3v) is 2.81. The minimum atomic E-state index is -1.86. The van der Waals surface area contributed by atoms with Gasteiger partial charge < -0.3 is 55.9 Å². The lowest BCUT2D eigenvalue weighted by Gasteiger charge is -2.22. The summed E-state index contributed by atoms with van der Waals surface area (Å²) in [5.74, 6) is -1.00. The van der Waals surface area contributed by atoms with E-state index < -0.39 is 68.3 Å². The topological polar surface area (TPSA) is 236 Å². The van der Waals surface area contributed by atoms with Crippen molar-refractivity contribution in [2.24, 2.45) is 0 Å². The summed E-state index contributed by atoms with van der Waals surface area (Å²) in [6, 6.07) is 0. The minimum Gasteiger partial charge on any atom is -0.394 e. The fourth-order valence-corrected chi connectivity index (χ4v) is 1.22. The molecule has 0 unspecified atom stereocenters. The molecule has 0 fully saturated rings. The van der Waals surface area contributed by atoms with Crippen molar-refractivity contribution in [2.45, 2.75) is 42.7 Å². The predicted molar refractivity (Wildman–Crippen MR) is 74.4 cm³/mol. The van der Waals surface area contributed by atoms with Crippen molar-refractivity contribution in [1.82, 2.24) is 0 Å². The molecule has 0 bridgehead atoms. The number of Topliss-reactive ketones (excluding diaryl/α,β-unsaturated/α-hetero) is 1. The number of hydrogen-bond donors (Lipinski definition) is 10. The maximum atomic E-state index is 10.5. The van der Waals surface area contributed by atoms with Gasteiger partial charge in [0.25, 0.3) is 0 Å². The van der Waals surface area contributed by atoms with Crippen LogP contribution in [-0.2, 0) is 9.59 Å². The second kappa shape index (κ2) is 13.3. The molecule has 0 aliphatic carbocycles. The van der Waals surface area contributed by atoms with Gasteiger partial charge in [0.15, 0.2) is 12.1 Å². The van der Waals surface area contributed by atoms with E-state index in [0.29, 0.717) is 0 Å². The van der Waals surface area contributed by atoms with Crippen molar-refractivity contribution < 1.29 is 60.7 Å². The first kappa shape index (κ1) is 25.2. The third-order valence-electron chi connectivity index (χ3n) is 2.81. The van der Waals surface area contributed by atoms with E-state index in [9.17, 15) is 9.59 Å². The van der Waals surface area contributed by atoms with Crippen LogP contribution in [0.1, 0.15) is 0 Å². The third kappa shape index (κ3) is 8.70. The van der Waals surface area contributed by atoms with Crippen LogP contribution in [0.2, 0.25) is 0 Å². The van der Waals surface area contributed by atoms with E-state index in [-0.39, 0.29) is 6.29 Å². The van der Waals surface area contributed by atoms with Crippen molar-refractivity contribution in [3.63, 3.8) is 0 Å². The quantitative estimate of drug-likeness (QED) is 0.164. The van der Waals surface area contributed by atoms with Crippen molar-refractivity contribution in [2.75, 3.05) is 19.8 Å². The molecule has 0 rings (SSSR count). The van der Waals surface area contributed by atoms with Gasteiger partial charge in [-0.1, -0.05) is 0 Å². The Morgan fingerprint density at radius 3 is 1.50 bits per heavy atom. The van der Waals surface area contributed by atoms with E-state index in [4.69, 9.17) is 51.1 Å². The van der Waals surface area contributed by atoms with Crippen LogP contribution in [0.25, 0.3) is 0 Å². The number of carbonyl (C=O) groups excluding carboxylic acids is 2. The zero-order valence-corrected chi connectivity index (χ0v) is 12.5. The molecule has 7 atom stereocenters. The van der Waals surface area contributed by atoms with Crippen LogP contribution in [0, 0.1) is 0 Å².